The van der Waals surface area contributed by atoms with Crippen LogP contribution >= 0.6 is 0 Å². The van der Waals surface area contributed by atoms with Crippen LogP contribution in [0, 0.1) is 5.92 Å². The first-order valence-corrected chi connectivity index (χ1v) is 11.2. The van der Waals surface area contributed by atoms with E-state index in [0.29, 0.717) is 12.0 Å². The van der Waals surface area contributed by atoms with Crippen LogP contribution in [0.5, 0.6) is 0 Å². The number of nitrogens with zero attached hydrogens (tertiary/aromatic N) is 2. The molecule has 32 heavy (non-hydrogen) atoms. The molecule has 1 spiro atoms. The average Bonchev–Trinajstić information content (AvgIpc) is 3.23. The summed E-state index contributed by atoms with van der Waals surface area (Å²) in [5.41, 5.74) is 2.34. The van der Waals surface area contributed by atoms with Gasteiger partial charge in [-0.25, -0.2) is 4.79 Å². The van der Waals surface area contributed by atoms with Crippen LogP contribution < -0.4 is 5.32 Å². The van der Waals surface area contributed by atoms with E-state index in [9.17, 15) is 14.4 Å². The van der Waals surface area contributed by atoms with Gasteiger partial charge in [0.15, 0.2) is 5.78 Å². The molecule has 2 heterocycles. The Balaban J connectivity index is 1.55. The van der Waals surface area contributed by atoms with Crippen LogP contribution in [0.4, 0.5) is 4.79 Å². The number of imide groups is 1. The standard InChI is InChI=1S/C26H27N3O3/c1-17-10-8-9-15-26(17)24(31)29(25(32)27-26)16-21(30)22-19-13-6-7-14-20(19)28(2)23(22)18-11-4-3-5-12-18/h3-7,11-14,17H,8-10,15-16H2,1-2H3,(H,27,32). The average molecular weight is 430 g/mol. The molecule has 164 valence electrons. The molecule has 2 aromatic carbocycles. The van der Waals surface area contributed by atoms with Crippen molar-refractivity contribution >= 4 is 28.6 Å². The fraction of sp³-hybridized carbons (Fsp3) is 0.346. The van der Waals surface area contributed by atoms with E-state index in [0.717, 1.165) is 46.3 Å². The molecule has 6 nitrogen and oxygen atoms in total. The number of aryl methyl sites for hydroxylation is 1. The van der Waals surface area contributed by atoms with E-state index in [2.05, 4.69) is 5.32 Å². The van der Waals surface area contributed by atoms with Gasteiger partial charge in [0.1, 0.15) is 5.54 Å². The molecule has 1 saturated carbocycles. The zero-order valence-electron chi connectivity index (χ0n) is 18.4. The third kappa shape index (κ3) is 2.97. The minimum absolute atomic E-state index is 0.0604. The predicted molar refractivity (Wildman–Crippen MR) is 123 cm³/mol. The number of nitrogens with one attached hydrogen (secondary N) is 1. The van der Waals surface area contributed by atoms with Crippen molar-refractivity contribution in [1.29, 1.82) is 0 Å². The summed E-state index contributed by atoms with van der Waals surface area (Å²) in [4.78, 5) is 41.0. The van der Waals surface area contributed by atoms with Crippen molar-refractivity contribution in [2.24, 2.45) is 13.0 Å². The van der Waals surface area contributed by atoms with Crippen molar-refractivity contribution in [3.8, 4) is 11.3 Å². The molecule has 3 aromatic rings. The lowest BCUT2D eigenvalue weighted by Crippen LogP contribution is -2.54. The van der Waals surface area contributed by atoms with Gasteiger partial charge in [-0.2, -0.15) is 0 Å². The Kier molecular flexibility index (Phi) is 4.88. The Morgan fingerprint density at radius 1 is 1.06 bits per heavy atom. The summed E-state index contributed by atoms with van der Waals surface area (Å²) in [6, 6.07) is 17.0. The second-order valence-electron chi connectivity index (χ2n) is 9.03. The number of ketones is 1. The van der Waals surface area contributed by atoms with Crippen LogP contribution in [0.25, 0.3) is 22.2 Å². The number of urea groups is 1. The number of hydrogen-bond acceptors (Lipinski definition) is 3. The van der Waals surface area contributed by atoms with Gasteiger partial charge in [-0.15, -0.1) is 0 Å². The fourth-order valence-electron chi connectivity index (χ4n) is 5.47. The van der Waals surface area contributed by atoms with Crippen molar-refractivity contribution in [2.75, 3.05) is 6.54 Å². The molecular formula is C26H27N3O3. The lowest BCUT2D eigenvalue weighted by molar-refractivity contribution is -0.133. The lowest BCUT2D eigenvalue weighted by Gasteiger charge is -2.36. The maximum absolute atomic E-state index is 13.7. The first kappa shape index (κ1) is 20.5. The SMILES string of the molecule is CC1CCCCC12NC(=O)N(CC(=O)c1c(-c3ccccc3)n(C)c3ccccc13)C2=O. The molecule has 2 unspecified atom stereocenters. The summed E-state index contributed by atoms with van der Waals surface area (Å²) < 4.78 is 2.01. The largest absolute Gasteiger partial charge is 0.343 e. The zero-order valence-corrected chi connectivity index (χ0v) is 18.4. The van der Waals surface area contributed by atoms with Gasteiger partial charge in [0, 0.05) is 18.0 Å². The number of benzene rings is 2. The number of aromatic nitrogens is 1. The molecule has 0 radical (unpaired) electrons. The summed E-state index contributed by atoms with van der Waals surface area (Å²) in [7, 11) is 1.94. The van der Waals surface area contributed by atoms with Crippen LogP contribution in [0.1, 0.15) is 43.0 Å². The fourth-order valence-corrected chi connectivity index (χ4v) is 5.47. The van der Waals surface area contributed by atoms with Crippen LogP contribution in [0.15, 0.2) is 54.6 Å². The topological polar surface area (TPSA) is 71.4 Å². The van der Waals surface area contributed by atoms with E-state index in [-0.39, 0.29) is 24.2 Å². The van der Waals surface area contributed by atoms with Gasteiger partial charge >= 0.3 is 6.03 Å². The Bertz CT molecular complexity index is 1230. The van der Waals surface area contributed by atoms with Gasteiger partial charge in [0.25, 0.3) is 5.91 Å². The summed E-state index contributed by atoms with van der Waals surface area (Å²) in [6.45, 7) is 1.76. The third-order valence-electron chi connectivity index (χ3n) is 7.24. The highest BCUT2D eigenvalue weighted by atomic mass is 16.2. The molecule has 1 saturated heterocycles. The highest BCUT2D eigenvalue weighted by Gasteiger charge is 2.55. The van der Waals surface area contributed by atoms with Gasteiger partial charge < -0.3 is 9.88 Å². The van der Waals surface area contributed by atoms with Gasteiger partial charge in [-0.3, -0.25) is 14.5 Å². The van der Waals surface area contributed by atoms with E-state index in [1.54, 1.807) is 0 Å². The minimum atomic E-state index is -0.864. The summed E-state index contributed by atoms with van der Waals surface area (Å²) in [6.07, 6.45) is 3.49. The second kappa shape index (κ2) is 7.62. The molecule has 2 aliphatic rings. The summed E-state index contributed by atoms with van der Waals surface area (Å²) in [5, 5.41) is 3.77. The second-order valence-corrected chi connectivity index (χ2v) is 9.03. The number of carbonyl (C=O) groups excluding carboxylic acids is 3. The van der Waals surface area contributed by atoms with Gasteiger partial charge in [0.05, 0.1) is 17.8 Å². The smallest absolute Gasteiger partial charge is 0.325 e. The number of para-hydroxylation sites is 1. The molecule has 0 bridgehead atoms. The molecule has 6 heteroatoms. The van der Waals surface area contributed by atoms with E-state index >= 15 is 0 Å². The summed E-state index contributed by atoms with van der Waals surface area (Å²) >= 11 is 0. The van der Waals surface area contributed by atoms with Gasteiger partial charge in [-0.1, -0.05) is 68.3 Å². The van der Waals surface area contributed by atoms with Crippen molar-refractivity contribution in [3.05, 3.63) is 60.2 Å². The Morgan fingerprint density at radius 3 is 2.53 bits per heavy atom. The van der Waals surface area contributed by atoms with Crippen LogP contribution in [0.2, 0.25) is 0 Å². The van der Waals surface area contributed by atoms with Crippen molar-refractivity contribution in [3.63, 3.8) is 0 Å². The molecule has 2 fully saturated rings. The molecule has 2 atom stereocenters. The quantitative estimate of drug-likeness (QED) is 0.489. The van der Waals surface area contributed by atoms with Crippen molar-refractivity contribution < 1.29 is 14.4 Å². The zero-order chi connectivity index (χ0) is 22.5. The van der Waals surface area contributed by atoms with E-state index in [1.165, 1.54) is 0 Å². The lowest BCUT2D eigenvalue weighted by atomic mass is 9.73. The van der Waals surface area contributed by atoms with Crippen LogP contribution in [-0.4, -0.2) is 39.3 Å². The molecule has 1 aliphatic carbocycles. The van der Waals surface area contributed by atoms with Crippen molar-refractivity contribution in [2.45, 2.75) is 38.1 Å². The van der Waals surface area contributed by atoms with Crippen LogP contribution in [0.3, 0.4) is 0 Å². The monoisotopic (exact) mass is 429 g/mol. The Hall–Kier alpha value is -3.41. The predicted octanol–water partition coefficient (Wildman–Crippen LogP) is 4.53. The maximum atomic E-state index is 13.7. The van der Waals surface area contributed by atoms with E-state index in [1.807, 2.05) is 73.1 Å². The number of hydrogen-bond donors (Lipinski definition) is 1. The van der Waals surface area contributed by atoms with E-state index in [4.69, 9.17) is 0 Å². The number of carbonyl (C=O) groups is 3. The third-order valence-corrected chi connectivity index (χ3v) is 7.24. The molecule has 1 aliphatic heterocycles. The molecular weight excluding hydrogens is 402 g/mol. The van der Waals surface area contributed by atoms with Crippen molar-refractivity contribution in [1.82, 2.24) is 14.8 Å². The van der Waals surface area contributed by atoms with E-state index < -0.39 is 11.6 Å². The molecule has 1 N–H and O–H groups in total. The minimum Gasteiger partial charge on any atom is -0.343 e. The highest BCUT2D eigenvalue weighted by molar-refractivity contribution is 6.17. The number of rotatable bonds is 4. The molecule has 1 aromatic heterocycles. The van der Waals surface area contributed by atoms with Gasteiger partial charge in [-0.05, 0) is 30.4 Å². The first-order valence-electron chi connectivity index (χ1n) is 11.2. The normalized spacial score (nSPS) is 23.2. The summed E-state index contributed by atoms with van der Waals surface area (Å²) in [5.74, 6) is -0.431. The molecule has 3 amide bonds. The number of amides is 3. The number of fused-ring (bicyclic) bond motifs is 1. The maximum Gasteiger partial charge on any atom is 0.325 e. The highest BCUT2D eigenvalue weighted by Crippen LogP contribution is 2.39. The Labute approximate surface area is 187 Å². The Morgan fingerprint density at radius 2 is 1.78 bits per heavy atom. The number of Topliss-reactive ketones (excluding diaryl/α,β-unsaturated/α-hetero) is 1. The van der Waals surface area contributed by atoms with Gasteiger partial charge in [0.2, 0.25) is 0 Å². The molecule has 5 rings (SSSR count). The van der Waals surface area contributed by atoms with Crippen LogP contribution in [-0.2, 0) is 11.8 Å². The first-order chi connectivity index (χ1) is 15.4.